The number of nitrogens with zero attached hydrogens (tertiary/aromatic N) is 2. The molecule has 1 heterocycles. The van der Waals surface area contributed by atoms with Gasteiger partial charge in [-0.25, -0.2) is 0 Å². The molecule has 0 bridgehead atoms. The van der Waals surface area contributed by atoms with E-state index in [1.54, 1.807) is 24.3 Å². The molecule has 0 aliphatic carbocycles. The van der Waals surface area contributed by atoms with Gasteiger partial charge in [-0.2, -0.15) is 0 Å². The highest BCUT2D eigenvalue weighted by Crippen LogP contribution is 2.08. The summed E-state index contributed by atoms with van der Waals surface area (Å²) >= 11 is 0. The van der Waals surface area contributed by atoms with Crippen LogP contribution < -0.4 is 0 Å². The highest BCUT2D eigenvalue weighted by Gasteiger charge is 1.86. The van der Waals surface area contributed by atoms with Gasteiger partial charge in [-0.1, -0.05) is 42.5 Å². The van der Waals surface area contributed by atoms with Crippen LogP contribution in [-0.4, -0.2) is 4.98 Å². The first-order valence-electron chi connectivity index (χ1n) is 5.58. The fourth-order valence-electron chi connectivity index (χ4n) is 1.50. The molecule has 18 heavy (non-hydrogen) atoms. The maximum atomic E-state index is 9.76. The largest absolute Gasteiger partial charge is 0.256 e. The van der Waals surface area contributed by atoms with Gasteiger partial charge in [0.1, 0.15) is 5.69 Å². The SMILES string of the molecule is O=Nc1ccccc1.c1ccc2ncccc2c1. The number of nitroso groups, excluding NO2 is 1. The first-order chi connectivity index (χ1) is 8.90. The molecule has 0 aliphatic rings. The van der Waals surface area contributed by atoms with Crippen molar-refractivity contribution < 1.29 is 0 Å². The zero-order valence-electron chi connectivity index (χ0n) is 9.73. The summed E-state index contributed by atoms with van der Waals surface area (Å²) in [6.07, 6.45) is 1.81. The van der Waals surface area contributed by atoms with Crippen LogP contribution in [0.25, 0.3) is 10.9 Å². The lowest BCUT2D eigenvalue weighted by atomic mass is 10.2. The van der Waals surface area contributed by atoms with Crippen LogP contribution in [0.15, 0.2) is 78.1 Å². The zero-order chi connectivity index (χ0) is 12.6. The third kappa shape index (κ3) is 3.22. The monoisotopic (exact) mass is 236 g/mol. The van der Waals surface area contributed by atoms with Crippen LogP contribution in [0.2, 0.25) is 0 Å². The topological polar surface area (TPSA) is 42.3 Å². The van der Waals surface area contributed by atoms with E-state index in [4.69, 9.17) is 0 Å². The summed E-state index contributed by atoms with van der Waals surface area (Å²) in [7, 11) is 0. The Morgan fingerprint density at radius 2 is 1.44 bits per heavy atom. The van der Waals surface area contributed by atoms with E-state index in [9.17, 15) is 4.91 Å². The Morgan fingerprint density at radius 3 is 2.11 bits per heavy atom. The lowest BCUT2D eigenvalue weighted by Gasteiger charge is -1.91. The van der Waals surface area contributed by atoms with Crippen LogP contribution in [0, 0.1) is 4.91 Å². The van der Waals surface area contributed by atoms with Crippen molar-refractivity contribution in [2.45, 2.75) is 0 Å². The average molecular weight is 236 g/mol. The third-order valence-corrected chi connectivity index (χ3v) is 2.37. The quantitative estimate of drug-likeness (QED) is 0.590. The second kappa shape index (κ2) is 6.25. The minimum atomic E-state index is 0.479. The fraction of sp³-hybridized carbons (Fsp3) is 0. The molecule has 3 aromatic rings. The van der Waals surface area contributed by atoms with E-state index in [-0.39, 0.29) is 0 Å². The fourth-order valence-corrected chi connectivity index (χ4v) is 1.50. The van der Waals surface area contributed by atoms with Gasteiger partial charge in [-0.3, -0.25) is 4.98 Å². The molecule has 0 unspecified atom stereocenters. The van der Waals surface area contributed by atoms with Crippen LogP contribution in [-0.2, 0) is 0 Å². The van der Waals surface area contributed by atoms with Crippen LogP contribution in [0.4, 0.5) is 5.69 Å². The van der Waals surface area contributed by atoms with E-state index in [2.05, 4.69) is 22.3 Å². The number of hydrogen-bond donors (Lipinski definition) is 0. The summed E-state index contributed by atoms with van der Waals surface area (Å²) in [5.74, 6) is 0. The Bertz CT molecular complexity index is 558. The van der Waals surface area contributed by atoms with E-state index in [1.807, 2.05) is 36.5 Å². The highest BCUT2D eigenvalue weighted by molar-refractivity contribution is 5.77. The Hall–Kier alpha value is -2.55. The van der Waals surface area contributed by atoms with Gasteiger partial charge in [0.2, 0.25) is 0 Å². The van der Waals surface area contributed by atoms with Gasteiger partial charge >= 0.3 is 0 Å². The van der Waals surface area contributed by atoms with E-state index >= 15 is 0 Å². The Balaban J connectivity index is 0.000000138. The normalized spacial score (nSPS) is 9.33. The van der Waals surface area contributed by atoms with Gasteiger partial charge in [-0.15, -0.1) is 4.91 Å². The number of para-hydroxylation sites is 1. The Morgan fingerprint density at radius 1 is 0.778 bits per heavy atom. The van der Waals surface area contributed by atoms with Crippen LogP contribution in [0.1, 0.15) is 0 Å². The van der Waals surface area contributed by atoms with Crippen LogP contribution in [0.3, 0.4) is 0 Å². The number of fused-ring (bicyclic) bond motifs is 1. The second-order valence-corrected chi connectivity index (χ2v) is 3.62. The average Bonchev–Trinajstić information content (AvgIpc) is 2.49. The number of pyridine rings is 1. The maximum absolute atomic E-state index is 9.76. The van der Waals surface area contributed by atoms with Crippen molar-refractivity contribution in [2.75, 3.05) is 0 Å². The van der Waals surface area contributed by atoms with Crippen molar-refractivity contribution in [2.24, 2.45) is 5.18 Å². The minimum absolute atomic E-state index is 0.479. The lowest BCUT2D eigenvalue weighted by molar-refractivity contribution is 1.41. The van der Waals surface area contributed by atoms with Crippen molar-refractivity contribution in [3.05, 3.63) is 77.8 Å². The maximum Gasteiger partial charge on any atom is 0.107 e. The number of benzene rings is 2. The van der Waals surface area contributed by atoms with E-state index in [1.165, 1.54) is 5.39 Å². The zero-order valence-corrected chi connectivity index (χ0v) is 9.73. The molecule has 0 aliphatic heterocycles. The molecule has 0 N–H and O–H groups in total. The predicted molar refractivity (Wildman–Crippen MR) is 73.6 cm³/mol. The molecule has 0 spiro atoms. The van der Waals surface area contributed by atoms with Crippen molar-refractivity contribution in [3.8, 4) is 0 Å². The second-order valence-electron chi connectivity index (χ2n) is 3.62. The molecule has 0 atom stereocenters. The molecular formula is C15H12N2O. The first kappa shape index (κ1) is 11.9. The highest BCUT2D eigenvalue weighted by atomic mass is 16.3. The third-order valence-electron chi connectivity index (χ3n) is 2.37. The minimum Gasteiger partial charge on any atom is -0.256 e. The molecule has 0 fully saturated rings. The molecule has 0 radical (unpaired) electrons. The van der Waals surface area contributed by atoms with Gasteiger partial charge in [0.15, 0.2) is 0 Å². The van der Waals surface area contributed by atoms with Crippen molar-refractivity contribution in [3.63, 3.8) is 0 Å². The summed E-state index contributed by atoms with van der Waals surface area (Å²) in [5.41, 5.74) is 1.54. The molecule has 0 saturated heterocycles. The smallest absolute Gasteiger partial charge is 0.107 e. The standard InChI is InChI=1S/C9H7N.C6H5NO/c1-2-6-9-8(4-1)5-3-7-10-9;8-7-6-4-2-1-3-5-6/h1-7H;1-5H. The number of hydrogen-bond acceptors (Lipinski definition) is 3. The molecular weight excluding hydrogens is 224 g/mol. The van der Waals surface area contributed by atoms with Gasteiger partial charge in [-0.05, 0) is 29.4 Å². The summed E-state index contributed by atoms with van der Waals surface area (Å²) in [6.45, 7) is 0. The van der Waals surface area contributed by atoms with Crippen molar-refractivity contribution in [1.29, 1.82) is 0 Å². The van der Waals surface area contributed by atoms with E-state index in [0.717, 1.165) is 5.52 Å². The number of aromatic nitrogens is 1. The van der Waals surface area contributed by atoms with Crippen LogP contribution >= 0.6 is 0 Å². The Labute approximate surface area is 105 Å². The molecule has 1 aromatic heterocycles. The van der Waals surface area contributed by atoms with Crippen LogP contribution in [0.5, 0.6) is 0 Å². The van der Waals surface area contributed by atoms with Crippen molar-refractivity contribution >= 4 is 16.6 Å². The summed E-state index contributed by atoms with van der Waals surface area (Å²) in [5, 5.41) is 3.92. The van der Waals surface area contributed by atoms with Gasteiger partial charge in [0.25, 0.3) is 0 Å². The summed E-state index contributed by atoms with van der Waals surface area (Å²) in [4.78, 5) is 13.9. The molecule has 2 aromatic carbocycles. The van der Waals surface area contributed by atoms with E-state index < -0.39 is 0 Å². The summed E-state index contributed by atoms with van der Waals surface area (Å²) < 4.78 is 0. The molecule has 3 rings (SSSR count). The van der Waals surface area contributed by atoms with Crippen molar-refractivity contribution in [1.82, 2.24) is 4.98 Å². The van der Waals surface area contributed by atoms with Gasteiger partial charge in [0.05, 0.1) is 5.52 Å². The lowest BCUT2D eigenvalue weighted by Crippen LogP contribution is -1.73. The summed E-state index contributed by atoms with van der Waals surface area (Å²) in [6, 6.07) is 20.8. The molecule has 88 valence electrons. The van der Waals surface area contributed by atoms with Gasteiger partial charge in [0, 0.05) is 11.6 Å². The molecule has 0 amide bonds. The molecule has 3 nitrogen and oxygen atoms in total. The first-order valence-corrected chi connectivity index (χ1v) is 5.58. The van der Waals surface area contributed by atoms with E-state index in [0.29, 0.717) is 5.69 Å². The molecule has 0 saturated carbocycles. The number of rotatable bonds is 1. The Kier molecular flexibility index (Phi) is 4.14. The van der Waals surface area contributed by atoms with Gasteiger partial charge < -0.3 is 0 Å². The predicted octanol–water partition coefficient (Wildman–Crippen LogP) is 4.32. The molecule has 3 heteroatoms.